The second-order valence-electron chi connectivity index (χ2n) is 6.71. The topological polar surface area (TPSA) is 87.4 Å². The minimum absolute atomic E-state index is 0.177. The zero-order chi connectivity index (χ0) is 18.4. The van der Waals surface area contributed by atoms with Crippen molar-refractivity contribution in [3.63, 3.8) is 0 Å². The second kappa shape index (κ2) is 8.67. The molecule has 0 saturated carbocycles. The number of nitrogens with one attached hydrogen (secondary N) is 2. The molecule has 0 radical (unpaired) electrons. The number of carbonyl (C=O) groups is 1. The molecule has 3 unspecified atom stereocenters. The molecule has 2 amide bonds. The Balaban J connectivity index is 1.94. The lowest BCUT2D eigenvalue weighted by Gasteiger charge is -2.25. The molecule has 0 aliphatic carbocycles. The number of hydrogen-bond acceptors (Lipinski definition) is 4. The van der Waals surface area contributed by atoms with Crippen LogP contribution in [0, 0.1) is 12.8 Å². The molecule has 0 aliphatic rings. The lowest BCUT2D eigenvalue weighted by Crippen LogP contribution is -2.44. The molecule has 2 rings (SSSR count). The SMILES string of the molecule is Cc1cccnc1C(NC(=O)NC(C)CC(O)c1ccco1)C(C)C. The summed E-state index contributed by atoms with van der Waals surface area (Å²) in [5.74, 6) is 0.696. The normalized spacial score (nSPS) is 14.8. The van der Waals surface area contributed by atoms with E-state index in [0.717, 1.165) is 11.3 Å². The quantitative estimate of drug-likeness (QED) is 0.717. The van der Waals surface area contributed by atoms with Crippen LogP contribution in [0.1, 0.15) is 56.4 Å². The van der Waals surface area contributed by atoms with E-state index in [0.29, 0.717) is 12.2 Å². The average Bonchev–Trinajstić information content (AvgIpc) is 3.07. The molecular formula is C19H27N3O3. The third-order valence-corrected chi connectivity index (χ3v) is 4.12. The molecule has 0 saturated heterocycles. The van der Waals surface area contributed by atoms with Crippen molar-refractivity contribution in [2.24, 2.45) is 5.92 Å². The van der Waals surface area contributed by atoms with Gasteiger partial charge < -0.3 is 20.2 Å². The zero-order valence-corrected chi connectivity index (χ0v) is 15.2. The Kier molecular flexibility index (Phi) is 6.58. The van der Waals surface area contributed by atoms with Crippen molar-refractivity contribution in [3.05, 3.63) is 53.7 Å². The van der Waals surface area contributed by atoms with E-state index in [9.17, 15) is 9.90 Å². The van der Waals surface area contributed by atoms with Crippen LogP contribution in [0.5, 0.6) is 0 Å². The first-order chi connectivity index (χ1) is 11.9. The monoisotopic (exact) mass is 345 g/mol. The summed E-state index contributed by atoms with van der Waals surface area (Å²) in [4.78, 5) is 16.8. The molecular weight excluding hydrogens is 318 g/mol. The van der Waals surface area contributed by atoms with Gasteiger partial charge in [0.2, 0.25) is 0 Å². The molecule has 6 nitrogen and oxygen atoms in total. The number of nitrogens with zero attached hydrogens (tertiary/aromatic N) is 1. The summed E-state index contributed by atoms with van der Waals surface area (Å²) in [7, 11) is 0. The van der Waals surface area contributed by atoms with E-state index in [2.05, 4.69) is 15.6 Å². The average molecular weight is 345 g/mol. The van der Waals surface area contributed by atoms with Crippen molar-refractivity contribution in [2.45, 2.75) is 52.3 Å². The maximum Gasteiger partial charge on any atom is 0.315 e. The van der Waals surface area contributed by atoms with Gasteiger partial charge in [-0.2, -0.15) is 0 Å². The summed E-state index contributed by atoms with van der Waals surface area (Å²) in [6.45, 7) is 7.92. The molecule has 0 bridgehead atoms. The fourth-order valence-electron chi connectivity index (χ4n) is 2.77. The van der Waals surface area contributed by atoms with Gasteiger partial charge in [-0.15, -0.1) is 0 Å². The second-order valence-corrected chi connectivity index (χ2v) is 6.71. The van der Waals surface area contributed by atoms with Gasteiger partial charge in [0.1, 0.15) is 11.9 Å². The van der Waals surface area contributed by atoms with Gasteiger partial charge in [0, 0.05) is 18.7 Å². The number of rotatable bonds is 7. The van der Waals surface area contributed by atoms with Crippen LogP contribution in [0.4, 0.5) is 4.79 Å². The van der Waals surface area contributed by atoms with Crippen LogP contribution in [-0.4, -0.2) is 22.2 Å². The van der Waals surface area contributed by atoms with Crippen LogP contribution in [0.25, 0.3) is 0 Å². The van der Waals surface area contributed by atoms with E-state index in [1.807, 2.05) is 39.8 Å². The molecule has 25 heavy (non-hydrogen) atoms. The van der Waals surface area contributed by atoms with Crippen LogP contribution in [0.2, 0.25) is 0 Å². The highest BCUT2D eigenvalue weighted by atomic mass is 16.4. The van der Waals surface area contributed by atoms with Crippen LogP contribution in [0.3, 0.4) is 0 Å². The first-order valence-corrected chi connectivity index (χ1v) is 8.58. The lowest BCUT2D eigenvalue weighted by atomic mass is 9.97. The molecule has 3 N–H and O–H groups in total. The number of furan rings is 1. The zero-order valence-electron chi connectivity index (χ0n) is 15.2. The van der Waals surface area contributed by atoms with Crippen molar-refractivity contribution in [1.29, 1.82) is 0 Å². The van der Waals surface area contributed by atoms with E-state index in [1.54, 1.807) is 18.3 Å². The molecule has 2 heterocycles. The van der Waals surface area contributed by atoms with E-state index in [-0.39, 0.29) is 24.0 Å². The minimum Gasteiger partial charge on any atom is -0.467 e. The van der Waals surface area contributed by atoms with Gasteiger partial charge in [0.15, 0.2) is 0 Å². The number of urea groups is 1. The summed E-state index contributed by atoms with van der Waals surface area (Å²) in [6.07, 6.45) is 2.88. The van der Waals surface area contributed by atoms with Crippen molar-refractivity contribution in [3.8, 4) is 0 Å². The minimum atomic E-state index is -0.746. The van der Waals surface area contributed by atoms with Gasteiger partial charge in [-0.25, -0.2) is 4.79 Å². The maximum atomic E-state index is 12.4. The first-order valence-electron chi connectivity index (χ1n) is 8.58. The largest absolute Gasteiger partial charge is 0.467 e. The standard InChI is InChI=1S/C19H27N3O3/c1-12(2)17(18-13(3)7-5-9-20-18)22-19(24)21-14(4)11-15(23)16-8-6-10-25-16/h5-10,12,14-15,17,23H,11H2,1-4H3,(H2,21,22,24). The van der Waals surface area contributed by atoms with Crippen molar-refractivity contribution in [2.75, 3.05) is 0 Å². The summed E-state index contributed by atoms with van der Waals surface area (Å²) >= 11 is 0. The number of carbonyl (C=O) groups excluding carboxylic acids is 1. The van der Waals surface area contributed by atoms with Gasteiger partial charge in [-0.1, -0.05) is 19.9 Å². The Hall–Kier alpha value is -2.34. The molecule has 0 fully saturated rings. The van der Waals surface area contributed by atoms with Crippen LogP contribution in [-0.2, 0) is 0 Å². The van der Waals surface area contributed by atoms with Gasteiger partial charge in [0.25, 0.3) is 0 Å². The highest BCUT2D eigenvalue weighted by molar-refractivity contribution is 5.74. The number of aliphatic hydroxyl groups is 1. The lowest BCUT2D eigenvalue weighted by molar-refractivity contribution is 0.129. The van der Waals surface area contributed by atoms with Gasteiger partial charge >= 0.3 is 6.03 Å². The van der Waals surface area contributed by atoms with Crippen LogP contribution in [0.15, 0.2) is 41.1 Å². The van der Waals surface area contributed by atoms with Gasteiger partial charge in [-0.3, -0.25) is 4.98 Å². The number of aromatic nitrogens is 1. The Morgan fingerprint density at radius 1 is 1.24 bits per heavy atom. The summed E-state index contributed by atoms with van der Waals surface area (Å²) in [5.41, 5.74) is 1.92. The predicted octanol–water partition coefficient (Wildman–Crippen LogP) is 3.49. The number of hydrogen-bond donors (Lipinski definition) is 3. The Morgan fingerprint density at radius 3 is 2.60 bits per heavy atom. The van der Waals surface area contributed by atoms with E-state index >= 15 is 0 Å². The molecule has 0 aliphatic heterocycles. The predicted molar refractivity (Wildman–Crippen MR) is 96.0 cm³/mol. The highest BCUT2D eigenvalue weighted by Crippen LogP contribution is 2.23. The molecule has 2 aromatic heterocycles. The molecule has 3 atom stereocenters. The molecule has 0 aromatic carbocycles. The Morgan fingerprint density at radius 2 is 2.00 bits per heavy atom. The van der Waals surface area contributed by atoms with Crippen LogP contribution < -0.4 is 10.6 Å². The smallest absolute Gasteiger partial charge is 0.315 e. The number of aliphatic hydroxyl groups excluding tert-OH is 1. The highest BCUT2D eigenvalue weighted by Gasteiger charge is 2.22. The number of amides is 2. The third-order valence-electron chi connectivity index (χ3n) is 4.12. The van der Waals surface area contributed by atoms with E-state index in [4.69, 9.17) is 4.42 Å². The molecule has 2 aromatic rings. The third kappa shape index (κ3) is 5.32. The summed E-state index contributed by atoms with van der Waals surface area (Å²) in [5, 5.41) is 16.0. The van der Waals surface area contributed by atoms with Crippen molar-refractivity contribution >= 4 is 6.03 Å². The number of aryl methyl sites for hydroxylation is 1. The first kappa shape index (κ1) is 19.0. The van der Waals surface area contributed by atoms with Crippen molar-refractivity contribution < 1.29 is 14.3 Å². The fourth-order valence-corrected chi connectivity index (χ4v) is 2.77. The Bertz CT molecular complexity index is 670. The van der Waals surface area contributed by atoms with E-state index in [1.165, 1.54) is 6.26 Å². The summed E-state index contributed by atoms with van der Waals surface area (Å²) < 4.78 is 5.18. The van der Waals surface area contributed by atoms with E-state index < -0.39 is 6.10 Å². The number of pyridine rings is 1. The fraction of sp³-hybridized carbons (Fsp3) is 0.474. The molecule has 136 valence electrons. The van der Waals surface area contributed by atoms with Crippen LogP contribution >= 0.6 is 0 Å². The maximum absolute atomic E-state index is 12.4. The Labute approximate surface area is 148 Å². The van der Waals surface area contributed by atoms with Gasteiger partial charge in [-0.05, 0) is 43.5 Å². The molecule has 6 heteroatoms. The van der Waals surface area contributed by atoms with Gasteiger partial charge in [0.05, 0.1) is 18.0 Å². The summed E-state index contributed by atoms with van der Waals surface area (Å²) in [6, 6.07) is 6.65. The molecule has 0 spiro atoms. The van der Waals surface area contributed by atoms with Crippen molar-refractivity contribution in [1.82, 2.24) is 15.6 Å².